The van der Waals surface area contributed by atoms with Gasteiger partial charge in [0.05, 0.1) is 12.6 Å². The summed E-state index contributed by atoms with van der Waals surface area (Å²) in [6.07, 6.45) is 0. The van der Waals surface area contributed by atoms with Crippen molar-refractivity contribution in [2.75, 3.05) is 7.11 Å². The number of carboxylic acid groups (broad SMARTS) is 1. The highest BCUT2D eigenvalue weighted by molar-refractivity contribution is 5.95. The second-order valence-electron chi connectivity index (χ2n) is 4.32. The van der Waals surface area contributed by atoms with Crippen molar-refractivity contribution >= 4 is 16.9 Å². The number of methoxy groups -OCH3 is 1. The fourth-order valence-electron chi connectivity index (χ4n) is 1.95. The number of ether oxygens (including phenoxy) is 1. The van der Waals surface area contributed by atoms with Gasteiger partial charge in [-0.1, -0.05) is 13.8 Å². The SMILES string of the molecule is COc1cc(C(C)C)c2cc(C(=O)O)[nH]c2c1. The number of hydrogen-bond donors (Lipinski definition) is 2. The fourth-order valence-corrected chi connectivity index (χ4v) is 1.95. The molecule has 17 heavy (non-hydrogen) atoms. The van der Waals surface area contributed by atoms with Crippen molar-refractivity contribution in [2.24, 2.45) is 0 Å². The average Bonchev–Trinajstić information content (AvgIpc) is 2.70. The van der Waals surface area contributed by atoms with Crippen molar-refractivity contribution in [1.82, 2.24) is 4.98 Å². The molecule has 0 aliphatic heterocycles. The molecule has 4 nitrogen and oxygen atoms in total. The lowest BCUT2D eigenvalue weighted by molar-refractivity contribution is 0.0691. The molecule has 0 atom stereocenters. The summed E-state index contributed by atoms with van der Waals surface area (Å²) < 4.78 is 5.22. The second-order valence-corrected chi connectivity index (χ2v) is 4.32. The standard InChI is InChI=1S/C13H15NO3/c1-7(2)9-4-8(17-3)5-11-10(9)6-12(14-11)13(15)16/h4-7,14H,1-3H3,(H,15,16). The number of rotatable bonds is 3. The first-order valence-corrected chi connectivity index (χ1v) is 5.47. The van der Waals surface area contributed by atoms with E-state index in [2.05, 4.69) is 18.8 Å². The van der Waals surface area contributed by atoms with Crippen molar-refractivity contribution in [3.63, 3.8) is 0 Å². The molecule has 0 spiro atoms. The summed E-state index contributed by atoms with van der Waals surface area (Å²) in [5.41, 5.74) is 2.09. The van der Waals surface area contributed by atoms with Crippen LogP contribution in [0.15, 0.2) is 18.2 Å². The van der Waals surface area contributed by atoms with Gasteiger partial charge in [-0.25, -0.2) is 4.79 Å². The molecule has 1 heterocycles. The van der Waals surface area contributed by atoms with Crippen LogP contribution in [0, 0.1) is 0 Å². The van der Waals surface area contributed by atoms with Crippen molar-refractivity contribution in [3.05, 3.63) is 29.5 Å². The maximum absolute atomic E-state index is 10.9. The normalized spacial score (nSPS) is 11.1. The van der Waals surface area contributed by atoms with Crippen LogP contribution >= 0.6 is 0 Å². The number of carbonyl (C=O) groups is 1. The Morgan fingerprint density at radius 2 is 2.06 bits per heavy atom. The Balaban J connectivity index is 2.72. The molecule has 90 valence electrons. The fraction of sp³-hybridized carbons (Fsp3) is 0.308. The smallest absolute Gasteiger partial charge is 0.352 e. The zero-order valence-electron chi connectivity index (χ0n) is 10.1. The topological polar surface area (TPSA) is 62.3 Å². The third-order valence-corrected chi connectivity index (χ3v) is 2.83. The molecule has 0 saturated carbocycles. The molecule has 2 rings (SSSR count). The summed E-state index contributed by atoms with van der Waals surface area (Å²) in [6.45, 7) is 4.14. The van der Waals surface area contributed by atoms with Gasteiger partial charge >= 0.3 is 5.97 Å². The van der Waals surface area contributed by atoms with Crippen molar-refractivity contribution < 1.29 is 14.6 Å². The van der Waals surface area contributed by atoms with E-state index < -0.39 is 5.97 Å². The van der Waals surface area contributed by atoms with Gasteiger partial charge in [0.15, 0.2) is 0 Å². The number of nitrogens with one attached hydrogen (secondary N) is 1. The van der Waals surface area contributed by atoms with Gasteiger partial charge in [-0.2, -0.15) is 0 Å². The van der Waals surface area contributed by atoms with Crippen LogP contribution in [-0.4, -0.2) is 23.2 Å². The molecule has 0 unspecified atom stereocenters. The first-order chi connectivity index (χ1) is 8.02. The molecule has 4 heteroatoms. The maximum atomic E-state index is 10.9. The first-order valence-electron chi connectivity index (χ1n) is 5.47. The zero-order valence-corrected chi connectivity index (χ0v) is 10.1. The highest BCUT2D eigenvalue weighted by Gasteiger charge is 2.13. The third kappa shape index (κ3) is 1.98. The van der Waals surface area contributed by atoms with Gasteiger partial charge < -0.3 is 14.8 Å². The Bertz CT molecular complexity index is 569. The molecular weight excluding hydrogens is 218 g/mol. The van der Waals surface area contributed by atoms with E-state index in [1.54, 1.807) is 13.2 Å². The molecular formula is C13H15NO3. The summed E-state index contributed by atoms with van der Waals surface area (Å²) in [4.78, 5) is 13.8. The number of carboxylic acids is 1. The van der Waals surface area contributed by atoms with E-state index in [0.29, 0.717) is 5.92 Å². The van der Waals surface area contributed by atoms with E-state index in [-0.39, 0.29) is 5.69 Å². The van der Waals surface area contributed by atoms with Gasteiger partial charge in [0.1, 0.15) is 11.4 Å². The molecule has 0 aliphatic carbocycles. The number of hydrogen-bond acceptors (Lipinski definition) is 2. The van der Waals surface area contributed by atoms with Crippen LogP contribution in [0.2, 0.25) is 0 Å². The third-order valence-electron chi connectivity index (χ3n) is 2.83. The van der Waals surface area contributed by atoms with Gasteiger partial charge in [0.25, 0.3) is 0 Å². The second kappa shape index (κ2) is 4.13. The number of H-pyrrole nitrogens is 1. The van der Waals surface area contributed by atoms with Crippen molar-refractivity contribution in [2.45, 2.75) is 19.8 Å². The van der Waals surface area contributed by atoms with Crippen LogP contribution in [0.5, 0.6) is 5.75 Å². The molecule has 1 aromatic carbocycles. The average molecular weight is 233 g/mol. The highest BCUT2D eigenvalue weighted by Crippen LogP contribution is 2.30. The van der Waals surface area contributed by atoms with E-state index in [1.165, 1.54) is 0 Å². The first kappa shape index (κ1) is 11.5. The van der Waals surface area contributed by atoms with Crippen molar-refractivity contribution in [1.29, 1.82) is 0 Å². The molecule has 0 amide bonds. The lowest BCUT2D eigenvalue weighted by Crippen LogP contribution is -1.94. The summed E-state index contributed by atoms with van der Waals surface area (Å²) in [5, 5.41) is 9.92. The Kier molecular flexibility index (Phi) is 2.79. The lowest BCUT2D eigenvalue weighted by atomic mass is 9.99. The Labute approximate surface area is 99.2 Å². The van der Waals surface area contributed by atoms with Gasteiger partial charge in [0.2, 0.25) is 0 Å². The van der Waals surface area contributed by atoms with Gasteiger partial charge in [-0.05, 0) is 23.6 Å². The van der Waals surface area contributed by atoms with Crippen LogP contribution in [0.3, 0.4) is 0 Å². The molecule has 0 saturated heterocycles. The zero-order chi connectivity index (χ0) is 12.6. The van der Waals surface area contributed by atoms with E-state index in [0.717, 1.165) is 22.2 Å². The quantitative estimate of drug-likeness (QED) is 0.856. The molecule has 0 bridgehead atoms. The minimum Gasteiger partial charge on any atom is -0.497 e. The highest BCUT2D eigenvalue weighted by atomic mass is 16.5. The summed E-state index contributed by atoms with van der Waals surface area (Å²) in [6, 6.07) is 5.44. The van der Waals surface area contributed by atoms with E-state index >= 15 is 0 Å². The number of aromatic nitrogens is 1. The van der Waals surface area contributed by atoms with Crippen LogP contribution in [0.4, 0.5) is 0 Å². The number of fused-ring (bicyclic) bond motifs is 1. The maximum Gasteiger partial charge on any atom is 0.352 e. The minimum absolute atomic E-state index is 0.204. The number of aromatic amines is 1. The van der Waals surface area contributed by atoms with Gasteiger partial charge in [-0.3, -0.25) is 0 Å². The molecule has 0 aliphatic rings. The van der Waals surface area contributed by atoms with Crippen LogP contribution < -0.4 is 4.74 Å². The minimum atomic E-state index is -0.949. The number of aromatic carboxylic acids is 1. The summed E-state index contributed by atoms with van der Waals surface area (Å²) >= 11 is 0. The van der Waals surface area contributed by atoms with Crippen molar-refractivity contribution in [3.8, 4) is 5.75 Å². The van der Waals surface area contributed by atoms with Crippen LogP contribution in [0.1, 0.15) is 35.8 Å². The van der Waals surface area contributed by atoms with E-state index in [9.17, 15) is 4.79 Å². The Morgan fingerprint density at radius 3 is 2.59 bits per heavy atom. The van der Waals surface area contributed by atoms with E-state index in [1.807, 2.05) is 12.1 Å². The largest absolute Gasteiger partial charge is 0.497 e. The predicted octanol–water partition coefficient (Wildman–Crippen LogP) is 3.00. The molecule has 2 N–H and O–H groups in total. The van der Waals surface area contributed by atoms with Gasteiger partial charge in [0, 0.05) is 11.5 Å². The Hall–Kier alpha value is -1.97. The van der Waals surface area contributed by atoms with Crippen LogP contribution in [-0.2, 0) is 0 Å². The molecule has 0 radical (unpaired) electrons. The molecule has 0 fully saturated rings. The monoisotopic (exact) mass is 233 g/mol. The predicted molar refractivity (Wildman–Crippen MR) is 65.9 cm³/mol. The summed E-state index contributed by atoms with van der Waals surface area (Å²) in [5.74, 6) is 0.0971. The lowest BCUT2D eigenvalue weighted by Gasteiger charge is -2.09. The Morgan fingerprint density at radius 1 is 1.35 bits per heavy atom. The molecule has 1 aromatic heterocycles. The van der Waals surface area contributed by atoms with Crippen LogP contribution in [0.25, 0.3) is 10.9 Å². The van der Waals surface area contributed by atoms with E-state index in [4.69, 9.17) is 9.84 Å². The molecule has 2 aromatic rings. The van der Waals surface area contributed by atoms with Gasteiger partial charge in [-0.15, -0.1) is 0 Å². The summed E-state index contributed by atoms with van der Waals surface area (Å²) in [7, 11) is 1.60. The number of benzene rings is 1.